The van der Waals surface area contributed by atoms with E-state index in [0.717, 1.165) is 28.8 Å². The molecule has 106 valence electrons. The Bertz CT molecular complexity index is 408. The first-order valence-corrected chi connectivity index (χ1v) is 7.71. The van der Waals surface area contributed by atoms with Gasteiger partial charge in [0.15, 0.2) is 0 Å². The fraction of sp³-hybridized carbons (Fsp3) is 0.625. The minimum Gasteiger partial charge on any atom is -0.490 e. The highest BCUT2D eigenvalue weighted by atomic mass is 35.5. The number of nitrogens with one attached hydrogen (secondary N) is 1. The van der Waals surface area contributed by atoms with Crippen molar-refractivity contribution < 1.29 is 4.74 Å². The molecule has 1 aliphatic rings. The molecule has 1 aliphatic carbocycles. The number of ether oxygens (including phenoxy) is 1. The number of rotatable bonds is 5. The molecule has 0 saturated heterocycles. The minimum absolute atomic E-state index is 0.354. The van der Waals surface area contributed by atoms with E-state index >= 15 is 0 Å². The van der Waals surface area contributed by atoms with Crippen LogP contribution in [0.25, 0.3) is 0 Å². The Labute approximate surface area is 121 Å². The fourth-order valence-corrected chi connectivity index (χ4v) is 3.13. The van der Waals surface area contributed by atoms with E-state index in [2.05, 4.69) is 12.2 Å². The molecule has 2 unspecified atom stereocenters. The van der Waals surface area contributed by atoms with E-state index in [9.17, 15) is 0 Å². The topological polar surface area (TPSA) is 21.3 Å². The van der Waals surface area contributed by atoms with Crippen molar-refractivity contribution >= 4 is 11.6 Å². The van der Waals surface area contributed by atoms with Crippen LogP contribution in [0.1, 0.15) is 44.6 Å². The van der Waals surface area contributed by atoms with E-state index in [-0.39, 0.29) is 0 Å². The van der Waals surface area contributed by atoms with Crippen LogP contribution in [0.3, 0.4) is 0 Å². The average Bonchev–Trinajstić information content (AvgIpc) is 2.43. The zero-order chi connectivity index (χ0) is 13.7. The molecule has 0 spiro atoms. The summed E-state index contributed by atoms with van der Waals surface area (Å²) in [7, 11) is 1.93. The van der Waals surface area contributed by atoms with Crippen LogP contribution in [0, 0.1) is 5.92 Å². The Hall–Kier alpha value is -0.730. The van der Waals surface area contributed by atoms with Gasteiger partial charge in [-0.25, -0.2) is 0 Å². The molecule has 3 heteroatoms. The molecule has 2 atom stereocenters. The number of halogens is 1. The van der Waals surface area contributed by atoms with Crippen molar-refractivity contribution in [2.75, 3.05) is 7.05 Å². The molecule has 1 N–H and O–H groups in total. The fourth-order valence-electron chi connectivity index (χ4n) is 2.90. The minimum atomic E-state index is 0.354. The highest BCUT2D eigenvalue weighted by Crippen LogP contribution is 2.32. The zero-order valence-electron chi connectivity index (χ0n) is 11.9. The van der Waals surface area contributed by atoms with Gasteiger partial charge in [-0.2, -0.15) is 0 Å². The van der Waals surface area contributed by atoms with Crippen molar-refractivity contribution in [2.45, 2.75) is 51.7 Å². The quantitative estimate of drug-likeness (QED) is 0.863. The van der Waals surface area contributed by atoms with E-state index < -0.39 is 0 Å². The van der Waals surface area contributed by atoms with Gasteiger partial charge in [-0.3, -0.25) is 0 Å². The van der Waals surface area contributed by atoms with E-state index in [1.165, 1.54) is 32.1 Å². The van der Waals surface area contributed by atoms with Crippen molar-refractivity contribution in [1.29, 1.82) is 0 Å². The lowest BCUT2D eigenvalue weighted by Crippen LogP contribution is -2.25. The standard InChI is InChI=1S/C16H24ClNO/c1-3-12-6-4-7-13(10-12)19-16-9-5-8-15(17)14(16)11-18-2/h5,8-9,12-13,18H,3-4,6-7,10-11H2,1-2H3. The number of benzene rings is 1. The summed E-state index contributed by atoms with van der Waals surface area (Å²) in [6.07, 6.45) is 6.61. The van der Waals surface area contributed by atoms with Crippen molar-refractivity contribution in [2.24, 2.45) is 5.92 Å². The normalized spacial score (nSPS) is 23.3. The van der Waals surface area contributed by atoms with Gasteiger partial charge in [0.25, 0.3) is 0 Å². The molecule has 19 heavy (non-hydrogen) atoms. The van der Waals surface area contributed by atoms with Gasteiger partial charge in [-0.15, -0.1) is 0 Å². The second-order valence-electron chi connectivity index (χ2n) is 5.43. The molecular formula is C16H24ClNO. The Morgan fingerprint density at radius 1 is 1.37 bits per heavy atom. The maximum absolute atomic E-state index is 6.26. The van der Waals surface area contributed by atoms with E-state index in [1.807, 2.05) is 25.2 Å². The van der Waals surface area contributed by atoms with Crippen LogP contribution in [-0.4, -0.2) is 13.2 Å². The summed E-state index contributed by atoms with van der Waals surface area (Å²) in [5, 5.41) is 3.94. The molecule has 0 aliphatic heterocycles. The first kappa shape index (κ1) is 14.7. The van der Waals surface area contributed by atoms with Crippen LogP contribution in [0.15, 0.2) is 18.2 Å². The lowest BCUT2D eigenvalue weighted by atomic mass is 9.85. The van der Waals surface area contributed by atoms with Crippen LogP contribution >= 0.6 is 11.6 Å². The molecule has 0 radical (unpaired) electrons. The predicted octanol–water partition coefficient (Wildman–Crippen LogP) is 4.41. The summed E-state index contributed by atoms with van der Waals surface area (Å²) in [4.78, 5) is 0. The van der Waals surface area contributed by atoms with Gasteiger partial charge in [-0.05, 0) is 44.4 Å². The molecule has 2 nitrogen and oxygen atoms in total. The molecule has 1 aromatic carbocycles. The summed E-state index contributed by atoms with van der Waals surface area (Å²) in [6.45, 7) is 3.03. The van der Waals surface area contributed by atoms with Crippen LogP contribution in [-0.2, 0) is 6.54 Å². The Kier molecular flexibility index (Phi) is 5.53. The SMILES string of the molecule is CCC1CCCC(Oc2cccc(Cl)c2CNC)C1. The summed E-state index contributed by atoms with van der Waals surface area (Å²) in [5.74, 6) is 1.77. The lowest BCUT2D eigenvalue weighted by Gasteiger charge is -2.29. The van der Waals surface area contributed by atoms with Crippen molar-refractivity contribution in [3.05, 3.63) is 28.8 Å². The molecular weight excluding hydrogens is 258 g/mol. The Morgan fingerprint density at radius 3 is 2.95 bits per heavy atom. The first-order chi connectivity index (χ1) is 9.24. The Balaban J connectivity index is 2.07. The summed E-state index contributed by atoms with van der Waals surface area (Å²) in [5.41, 5.74) is 1.07. The lowest BCUT2D eigenvalue weighted by molar-refractivity contribution is 0.121. The molecule has 1 aromatic rings. The third-order valence-corrected chi connectivity index (χ3v) is 4.39. The largest absolute Gasteiger partial charge is 0.490 e. The predicted molar refractivity (Wildman–Crippen MR) is 80.9 cm³/mol. The van der Waals surface area contributed by atoms with E-state index in [4.69, 9.17) is 16.3 Å². The second-order valence-corrected chi connectivity index (χ2v) is 5.83. The third-order valence-electron chi connectivity index (χ3n) is 4.04. The van der Waals surface area contributed by atoms with Crippen LogP contribution in [0.5, 0.6) is 5.75 Å². The molecule has 1 saturated carbocycles. The smallest absolute Gasteiger partial charge is 0.125 e. The highest BCUT2D eigenvalue weighted by Gasteiger charge is 2.23. The number of hydrogen-bond acceptors (Lipinski definition) is 2. The summed E-state index contributed by atoms with van der Waals surface area (Å²) < 4.78 is 6.23. The van der Waals surface area contributed by atoms with Crippen molar-refractivity contribution in [1.82, 2.24) is 5.32 Å². The van der Waals surface area contributed by atoms with Gasteiger partial charge in [0.05, 0.1) is 6.10 Å². The zero-order valence-corrected chi connectivity index (χ0v) is 12.7. The average molecular weight is 282 g/mol. The van der Waals surface area contributed by atoms with E-state index in [1.54, 1.807) is 0 Å². The molecule has 0 bridgehead atoms. The second kappa shape index (κ2) is 7.16. The van der Waals surface area contributed by atoms with Gasteiger partial charge >= 0.3 is 0 Å². The first-order valence-electron chi connectivity index (χ1n) is 7.33. The van der Waals surface area contributed by atoms with Gasteiger partial charge < -0.3 is 10.1 Å². The van der Waals surface area contributed by atoms with Gasteiger partial charge in [0.1, 0.15) is 5.75 Å². The summed E-state index contributed by atoms with van der Waals surface area (Å²) in [6, 6.07) is 5.93. The summed E-state index contributed by atoms with van der Waals surface area (Å²) >= 11 is 6.26. The maximum atomic E-state index is 6.26. The molecule has 2 rings (SSSR count). The monoisotopic (exact) mass is 281 g/mol. The van der Waals surface area contributed by atoms with Gasteiger partial charge in [0, 0.05) is 17.1 Å². The van der Waals surface area contributed by atoms with Crippen LogP contribution in [0.4, 0.5) is 0 Å². The molecule has 0 aromatic heterocycles. The van der Waals surface area contributed by atoms with Crippen LogP contribution < -0.4 is 10.1 Å². The molecule has 0 heterocycles. The Morgan fingerprint density at radius 2 is 2.21 bits per heavy atom. The van der Waals surface area contributed by atoms with Gasteiger partial charge in [-0.1, -0.05) is 37.4 Å². The van der Waals surface area contributed by atoms with Gasteiger partial charge in [0.2, 0.25) is 0 Å². The number of hydrogen-bond donors (Lipinski definition) is 1. The highest BCUT2D eigenvalue weighted by molar-refractivity contribution is 6.31. The van der Waals surface area contributed by atoms with E-state index in [0.29, 0.717) is 6.10 Å². The third kappa shape index (κ3) is 3.87. The molecule has 0 amide bonds. The molecule has 1 fully saturated rings. The van der Waals surface area contributed by atoms with Crippen molar-refractivity contribution in [3.63, 3.8) is 0 Å². The van der Waals surface area contributed by atoms with Crippen molar-refractivity contribution in [3.8, 4) is 5.75 Å². The van der Waals surface area contributed by atoms with Crippen LogP contribution in [0.2, 0.25) is 5.02 Å². The maximum Gasteiger partial charge on any atom is 0.125 e.